The summed E-state index contributed by atoms with van der Waals surface area (Å²) in [7, 11) is 1.17. The molecular formula is C11H19NO5. The van der Waals surface area contributed by atoms with E-state index in [2.05, 4.69) is 10.1 Å². The van der Waals surface area contributed by atoms with Crippen LogP contribution in [0.1, 0.15) is 33.1 Å². The molecule has 0 aliphatic carbocycles. The van der Waals surface area contributed by atoms with E-state index < -0.39 is 18.0 Å². The zero-order chi connectivity index (χ0) is 13.4. The zero-order valence-electron chi connectivity index (χ0n) is 10.4. The number of amides is 1. The summed E-state index contributed by atoms with van der Waals surface area (Å²) in [5.74, 6) is -1.91. The Balaban J connectivity index is 4.20. The van der Waals surface area contributed by atoms with Crippen LogP contribution in [-0.2, 0) is 19.1 Å². The van der Waals surface area contributed by atoms with Crippen LogP contribution in [0, 0.1) is 5.92 Å². The molecule has 1 atom stereocenters. The number of nitrogens with one attached hydrogen (secondary N) is 1. The first-order valence-corrected chi connectivity index (χ1v) is 5.45. The normalized spacial score (nSPS) is 12.0. The molecule has 98 valence electrons. The average Bonchev–Trinajstić information content (AvgIpc) is 2.25. The van der Waals surface area contributed by atoms with Gasteiger partial charge in [-0.3, -0.25) is 9.59 Å². The molecule has 1 amide bonds. The molecule has 0 aliphatic rings. The predicted octanol–water partition coefficient (Wildman–Crippen LogP) is 0.555. The fourth-order valence-corrected chi connectivity index (χ4v) is 1.14. The number of carboxylic acids is 1. The van der Waals surface area contributed by atoms with E-state index in [-0.39, 0.29) is 18.7 Å². The highest BCUT2D eigenvalue weighted by molar-refractivity contribution is 5.87. The largest absolute Gasteiger partial charge is 0.480 e. The summed E-state index contributed by atoms with van der Waals surface area (Å²) in [6, 6.07) is -1.22. The van der Waals surface area contributed by atoms with E-state index in [4.69, 9.17) is 5.11 Å². The third-order valence-corrected chi connectivity index (χ3v) is 2.18. The number of esters is 1. The van der Waals surface area contributed by atoms with Crippen LogP contribution in [0.25, 0.3) is 0 Å². The van der Waals surface area contributed by atoms with Crippen molar-refractivity contribution in [2.24, 2.45) is 5.92 Å². The van der Waals surface area contributed by atoms with Crippen molar-refractivity contribution in [1.82, 2.24) is 5.32 Å². The van der Waals surface area contributed by atoms with Crippen LogP contribution in [-0.4, -0.2) is 36.1 Å². The first kappa shape index (κ1) is 15.4. The van der Waals surface area contributed by atoms with Gasteiger partial charge in [0.25, 0.3) is 0 Å². The summed E-state index contributed by atoms with van der Waals surface area (Å²) in [5.41, 5.74) is 0. The van der Waals surface area contributed by atoms with Gasteiger partial charge in [-0.1, -0.05) is 13.8 Å². The summed E-state index contributed by atoms with van der Waals surface area (Å²) in [4.78, 5) is 33.1. The quantitative estimate of drug-likeness (QED) is 0.639. The lowest BCUT2D eigenvalue weighted by molar-refractivity contribution is -0.148. The number of hydrogen-bond acceptors (Lipinski definition) is 4. The fraction of sp³-hybridized carbons (Fsp3) is 0.727. The van der Waals surface area contributed by atoms with Crippen LogP contribution in [0.3, 0.4) is 0 Å². The van der Waals surface area contributed by atoms with Gasteiger partial charge in [0.05, 0.1) is 13.5 Å². The topological polar surface area (TPSA) is 92.7 Å². The second-order valence-corrected chi connectivity index (χ2v) is 4.17. The first-order chi connectivity index (χ1) is 7.86. The number of rotatable bonds is 7. The van der Waals surface area contributed by atoms with Crippen molar-refractivity contribution in [3.8, 4) is 0 Å². The van der Waals surface area contributed by atoms with E-state index in [0.29, 0.717) is 12.3 Å². The number of ether oxygens (including phenoxy) is 1. The Labute approximate surface area is 100 Å². The number of hydrogen-bond donors (Lipinski definition) is 2. The van der Waals surface area contributed by atoms with Crippen molar-refractivity contribution >= 4 is 17.8 Å². The minimum atomic E-state index is -1.24. The molecule has 0 saturated heterocycles. The lowest BCUT2D eigenvalue weighted by Crippen LogP contribution is -2.42. The number of methoxy groups -OCH3 is 1. The van der Waals surface area contributed by atoms with E-state index in [0.717, 1.165) is 0 Å². The van der Waals surface area contributed by atoms with Gasteiger partial charge in [-0.25, -0.2) is 4.79 Å². The molecule has 0 unspecified atom stereocenters. The highest BCUT2D eigenvalue weighted by atomic mass is 16.5. The zero-order valence-corrected chi connectivity index (χ0v) is 10.4. The maximum atomic E-state index is 11.4. The molecule has 0 rings (SSSR count). The highest BCUT2D eigenvalue weighted by Gasteiger charge is 2.23. The Morgan fingerprint density at radius 2 is 1.88 bits per heavy atom. The van der Waals surface area contributed by atoms with Crippen molar-refractivity contribution in [2.75, 3.05) is 7.11 Å². The van der Waals surface area contributed by atoms with Gasteiger partial charge in [-0.05, 0) is 12.3 Å². The predicted molar refractivity (Wildman–Crippen MR) is 60.3 cm³/mol. The molecule has 2 N–H and O–H groups in total. The van der Waals surface area contributed by atoms with Gasteiger partial charge in [-0.15, -0.1) is 0 Å². The smallest absolute Gasteiger partial charge is 0.326 e. The maximum Gasteiger partial charge on any atom is 0.326 e. The average molecular weight is 245 g/mol. The standard InChI is InChI=1S/C11H19NO5/c1-7(2)4-5-9(13)12-8(11(15)16)6-10(14)17-3/h7-8H,4-6H2,1-3H3,(H,12,13)(H,15,16)/t8-/m0/s1. The second-order valence-electron chi connectivity index (χ2n) is 4.17. The van der Waals surface area contributed by atoms with E-state index >= 15 is 0 Å². The molecule has 17 heavy (non-hydrogen) atoms. The SMILES string of the molecule is COC(=O)C[C@H](NC(=O)CCC(C)C)C(=O)O. The van der Waals surface area contributed by atoms with Gasteiger partial charge in [0.2, 0.25) is 5.91 Å². The first-order valence-electron chi connectivity index (χ1n) is 5.45. The van der Waals surface area contributed by atoms with Crippen molar-refractivity contribution in [3.63, 3.8) is 0 Å². The molecule has 0 radical (unpaired) electrons. The van der Waals surface area contributed by atoms with E-state index in [1.165, 1.54) is 7.11 Å². The number of carboxylic acid groups (broad SMARTS) is 1. The summed E-state index contributed by atoms with van der Waals surface area (Å²) in [6.45, 7) is 3.94. The second kappa shape index (κ2) is 7.65. The number of aliphatic carboxylic acids is 1. The lowest BCUT2D eigenvalue weighted by Gasteiger charge is -2.13. The summed E-state index contributed by atoms with van der Waals surface area (Å²) >= 11 is 0. The molecule has 6 heteroatoms. The van der Waals surface area contributed by atoms with Crippen LogP contribution >= 0.6 is 0 Å². The minimum absolute atomic E-state index is 0.253. The number of carbonyl (C=O) groups is 3. The third kappa shape index (κ3) is 7.32. The minimum Gasteiger partial charge on any atom is -0.480 e. The third-order valence-electron chi connectivity index (χ3n) is 2.18. The number of carbonyl (C=O) groups excluding carboxylic acids is 2. The van der Waals surface area contributed by atoms with Gasteiger partial charge in [-0.2, -0.15) is 0 Å². The monoisotopic (exact) mass is 245 g/mol. The maximum absolute atomic E-state index is 11.4. The van der Waals surface area contributed by atoms with Crippen LogP contribution < -0.4 is 5.32 Å². The Morgan fingerprint density at radius 3 is 2.29 bits per heavy atom. The fourth-order valence-electron chi connectivity index (χ4n) is 1.14. The Hall–Kier alpha value is -1.59. The van der Waals surface area contributed by atoms with Crippen molar-refractivity contribution < 1.29 is 24.2 Å². The Morgan fingerprint density at radius 1 is 1.29 bits per heavy atom. The molecule has 0 aromatic carbocycles. The van der Waals surface area contributed by atoms with E-state index in [1.807, 2.05) is 13.8 Å². The molecule has 0 bridgehead atoms. The van der Waals surface area contributed by atoms with E-state index in [1.54, 1.807) is 0 Å². The Bertz CT molecular complexity index is 288. The molecule has 0 aromatic heterocycles. The van der Waals surface area contributed by atoms with Crippen molar-refractivity contribution in [3.05, 3.63) is 0 Å². The molecule has 0 aliphatic heterocycles. The van der Waals surface area contributed by atoms with Crippen LogP contribution in [0.2, 0.25) is 0 Å². The summed E-state index contributed by atoms with van der Waals surface area (Å²) < 4.78 is 4.36. The van der Waals surface area contributed by atoms with Gasteiger partial charge in [0.1, 0.15) is 6.04 Å². The molecular weight excluding hydrogens is 226 g/mol. The van der Waals surface area contributed by atoms with Gasteiger partial charge in [0, 0.05) is 6.42 Å². The van der Waals surface area contributed by atoms with Crippen molar-refractivity contribution in [2.45, 2.75) is 39.2 Å². The summed E-state index contributed by atoms with van der Waals surface area (Å²) in [5, 5.41) is 11.1. The van der Waals surface area contributed by atoms with Gasteiger partial charge >= 0.3 is 11.9 Å². The van der Waals surface area contributed by atoms with Gasteiger partial charge < -0.3 is 15.2 Å². The molecule has 0 aromatic rings. The highest BCUT2D eigenvalue weighted by Crippen LogP contribution is 2.04. The van der Waals surface area contributed by atoms with E-state index in [9.17, 15) is 14.4 Å². The Kier molecular flexibility index (Phi) is 6.93. The molecule has 6 nitrogen and oxygen atoms in total. The molecule has 0 fully saturated rings. The summed E-state index contributed by atoms with van der Waals surface area (Å²) in [6.07, 6.45) is 0.568. The lowest BCUT2D eigenvalue weighted by atomic mass is 10.1. The van der Waals surface area contributed by atoms with Crippen LogP contribution in [0.4, 0.5) is 0 Å². The van der Waals surface area contributed by atoms with Gasteiger partial charge in [0.15, 0.2) is 0 Å². The van der Waals surface area contributed by atoms with Crippen LogP contribution in [0.15, 0.2) is 0 Å². The van der Waals surface area contributed by atoms with Crippen LogP contribution in [0.5, 0.6) is 0 Å². The molecule has 0 saturated carbocycles. The molecule has 0 spiro atoms. The van der Waals surface area contributed by atoms with Crippen molar-refractivity contribution in [1.29, 1.82) is 0 Å². The molecule has 0 heterocycles.